The molecular weight excluding hydrogens is 240 g/mol. The molecule has 2 aromatic rings. The van der Waals surface area contributed by atoms with Gasteiger partial charge in [-0.1, -0.05) is 18.2 Å². The zero-order chi connectivity index (χ0) is 14.0. The number of hydrogen-bond acceptors (Lipinski definition) is 3. The minimum absolute atomic E-state index is 0.102. The molecule has 0 saturated carbocycles. The van der Waals surface area contributed by atoms with Gasteiger partial charge < -0.3 is 14.9 Å². The number of benzene rings is 2. The van der Waals surface area contributed by atoms with E-state index < -0.39 is 5.60 Å². The maximum atomic E-state index is 10.0. The molecular formula is C16H18O3. The fourth-order valence-electron chi connectivity index (χ4n) is 1.99. The summed E-state index contributed by atoms with van der Waals surface area (Å²) in [7, 11) is 1.63. The molecule has 0 bridgehead atoms. The Kier molecular flexibility index (Phi) is 3.49. The van der Waals surface area contributed by atoms with Crippen LogP contribution in [-0.2, 0) is 5.60 Å². The van der Waals surface area contributed by atoms with Crippen LogP contribution >= 0.6 is 0 Å². The Morgan fingerprint density at radius 1 is 0.947 bits per heavy atom. The summed E-state index contributed by atoms with van der Waals surface area (Å²) in [4.78, 5) is 0. The Bertz CT molecular complexity index is 566. The van der Waals surface area contributed by atoms with Crippen LogP contribution in [0, 0.1) is 0 Å². The predicted molar refractivity (Wildman–Crippen MR) is 75.3 cm³/mol. The third kappa shape index (κ3) is 2.88. The van der Waals surface area contributed by atoms with Crippen LogP contribution in [0.3, 0.4) is 0 Å². The first-order valence-electron chi connectivity index (χ1n) is 6.12. The van der Waals surface area contributed by atoms with E-state index in [1.807, 2.05) is 30.3 Å². The molecule has 19 heavy (non-hydrogen) atoms. The second-order valence-electron chi connectivity index (χ2n) is 5.02. The first kappa shape index (κ1) is 13.4. The minimum Gasteiger partial charge on any atom is -0.508 e. The summed E-state index contributed by atoms with van der Waals surface area (Å²) in [5, 5.41) is 19.9. The molecule has 3 heteroatoms. The van der Waals surface area contributed by atoms with Crippen molar-refractivity contribution < 1.29 is 14.9 Å². The highest BCUT2D eigenvalue weighted by atomic mass is 16.5. The molecule has 2 rings (SSSR count). The van der Waals surface area contributed by atoms with Crippen molar-refractivity contribution in [3.8, 4) is 22.6 Å². The van der Waals surface area contributed by atoms with E-state index in [1.54, 1.807) is 33.1 Å². The zero-order valence-corrected chi connectivity index (χ0v) is 11.3. The summed E-state index contributed by atoms with van der Waals surface area (Å²) in [5.74, 6) is 0.898. The standard InChI is InChI=1S/C16H18O3/c1-16(2,18)14-10-12(6-9-15(14)17)11-4-7-13(19-3)8-5-11/h4-10,17-18H,1-3H3. The molecule has 2 N–H and O–H groups in total. The summed E-state index contributed by atoms with van der Waals surface area (Å²) in [6, 6.07) is 12.9. The first-order chi connectivity index (χ1) is 8.91. The predicted octanol–water partition coefficient (Wildman–Crippen LogP) is 3.30. The number of phenolic OH excluding ortho intramolecular Hbond substituents is 1. The zero-order valence-electron chi connectivity index (χ0n) is 11.3. The molecule has 0 amide bonds. The van der Waals surface area contributed by atoms with Crippen molar-refractivity contribution in [2.75, 3.05) is 7.11 Å². The summed E-state index contributed by atoms with van der Waals surface area (Å²) < 4.78 is 5.12. The highest BCUT2D eigenvalue weighted by Gasteiger charge is 2.20. The maximum Gasteiger partial charge on any atom is 0.121 e. The first-order valence-corrected chi connectivity index (χ1v) is 6.12. The van der Waals surface area contributed by atoms with E-state index in [0.29, 0.717) is 5.56 Å². The summed E-state index contributed by atoms with van der Waals surface area (Å²) >= 11 is 0. The Balaban J connectivity index is 2.45. The van der Waals surface area contributed by atoms with Crippen molar-refractivity contribution in [2.45, 2.75) is 19.4 Å². The third-order valence-electron chi connectivity index (χ3n) is 3.08. The average Bonchev–Trinajstić information content (AvgIpc) is 2.38. The van der Waals surface area contributed by atoms with Crippen molar-refractivity contribution in [1.82, 2.24) is 0 Å². The van der Waals surface area contributed by atoms with Crippen molar-refractivity contribution in [3.63, 3.8) is 0 Å². The van der Waals surface area contributed by atoms with Gasteiger partial charge in [0.25, 0.3) is 0 Å². The van der Waals surface area contributed by atoms with Crippen LogP contribution < -0.4 is 4.74 Å². The summed E-state index contributed by atoms with van der Waals surface area (Å²) in [6.45, 7) is 3.31. The SMILES string of the molecule is COc1ccc(-c2ccc(O)c(C(C)(C)O)c2)cc1. The van der Waals surface area contributed by atoms with Crippen LogP contribution in [0.25, 0.3) is 11.1 Å². The molecule has 0 atom stereocenters. The van der Waals surface area contributed by atoms with Gasteiger partial charge >= 0.3 is 0 Å². The van der Waals surface area contributed by atoms with Crippen LogP contribution in [0.2, 0.25) is 0 Å². The quantitative estimate of drug-likeness (QED) is 0.888. The lowest BCUT2D eigenvalue weighted by Gasteiger charge is -2.20. The third-order valence-corrected chi connectivity index (χ3v) is 3.08. The van der Waals surface area contributed by atoms with E-state index in [4.69, 9.17) is 4.74 Å². The van der Waals surface area contributed by atoms with Gasteiger partial charge in [-0.2, -0.15) is 0 Å². The van der Waals surface area contributed by atoms with Crippen LogP contribution in [0.15, 0.2) is 42.5 Å². The van der Waals surface area contributed by atoms with E-state index in [1.165, 1.54) is 0 Å². The van der Waals surface area contributed by atoms with Crippen LogP contribution in [0.5, 0.6) is 11.5 Å². The molecule has 3 nitrogen and oxygen atoms in total. The van der Waals surface area contributed by atoms with Gasteiger partial charge in [0.05, 0.1) is 12.7 Å². The molecule has 0 radical (unpaired) electrons. The molecule has 2 aromatic carbocycles. The molecule has 100 valence electrons. The molecule has 0 unspecified atom stereocenters. The number of rotatable bonds is 3. The summed E-state index contributed by atoms with van der Waals surface area (Å²) in [5.41, 5.74) is 1.39. The lowest BCUT2D eigenvalue weighted by Crippen LogP contribution is -2.15. The maximum absolute atomic E-state index is 10.0. The van der Waals surface area contributed by atoms with Gasteiger partial charge in [0.15, 0.2) is 0 Å². The molecule has 0 saturated heterocycles. The second-order valence-corrected chi connectivity index (χ2v) is 5.02. The molecule has 0 spiro atoms. The monoisotopic (exact) mass is 258 g/mol. The van der Waals surface area contributed by atoms with Gasteiger partial charge in [-0.15, -0.1) is 0 Å². The van der Waals surface area contributed by atoms with E-state index in [0.717, 1.165) is 16.9 Å². The number of aromatic hydroxyl groups is 1. The van der Waals surface area contributed by atoms with Crippen molar-refractivity contribution in [3.05, 3.63) is 48.0 Å². The van der Waals surface area contributed by atoms with E-state index in [9.17, 15) is 10.2 Å². The Hall–Kier alpha value is -2.00. The van der Waals surface area contributed by atoms with Gasteiger partial charge in [-0.05, 0) is 49.2 Å². The van der Waals surface area contributed by atoms with Crippen molar-refractivity contribution in [1.29, 1.82) is 0 Å². The minimum atomic E-state index is -1.08. The van der Waals surface area contributed by atoms with E-state index in [2.05, 4.69) is 0 Å². The Morgan fingerprint density at radius 3 is 2.05 bits per heavy atom. The van der Waals surface area contributed by atoms with Crippen LogP contribution in [0.4, 0.5) is 0 Å². The smallest absolute Gasteiger partial charge is 0.121 e. The normalized spacial score (nSPS) is 11.4. The fraction of sp³-hybridized carbons (Fsp3) is 0.250. The van der Waals surface area contributed by atoms with Gasteiger partial charge in [-0.25, -0.2) is 0 Å². The number of hydrogen-bond donors (Lipinski definition) is 2. The van der Waals surface area contributed by atoms with E-state index in [-0.39, 0.29) is 5.75 Å². The van der Waals surface area contributed by atoms with Crippen molar-refractivity contribution in [2.24, 2.45) is 0 Å². The molecule has 0 fully saturated rings. The highest BCUT2D eigenvalue weighted by Crippen LogP contribution is 2.33. The van der Waals surface area contributed by atoms with Gasteiger partial charge in [0.1, 0.15) is 11.5 Å². The van der Waals surface area contributed by atoms with Gasteiger partial charge in [0, 0.05) is 5.56 Å². The molecule has 0 aromatic heterocycles. The highest BCUT2D eigenvalue weighted by molar-refractivity contribution is 5.66. The summed E-state index contributed by atoms with van der Waals surface area (Å²) in [6.07, 6.45) is 0. The Morgan fingerprint density at radius 2 is 1.53 bits per heavy atom. The molecule has 0 aliphatic carbocycles. The van der Waals surface area contributed by atoms with Gasteiger partial charge in [-0.3, -0.25) is 0 Å². The van der Waals surface area contributed by atoms with Crippen LogP contribution in [-0.4, -0.2) is 17.3 Å². The number of phenols is 1. The molecule has 0 aliphatic heterocycles. The Labute approximate surface area is 113 Å². The topological polar surface area (TPSA) is 49.7 Å². The van der Waals surface area contributed by atoms with E-state index >= 15 is 0 Å². The average molecular weight is 258 g/mol. The van der Waals surface area contributed by atoms with Gasteiger partial charge in [0.2, 0.25) is 0 Å². The number of methoxy groups -OCH3 is 1. The number of aliphatic hydroxyl groups is 1. The lowest BCUT2D eigenvalue weighted by atomic mass is 9.93. The largest absolute Gasteiger partial charge is 0.508 e. The number of ether oxygens (including phenoxy) is 1. The molecule has 0 aliphatic rings. The second kappa shape index (κ2) is 4.94. The fourth-order valence-corrected chi connectivity index (χ4v) is 1.99. The van der Waals surface area contributed by atoms with Crippen molar-refractivity contribution >= 4 is 0 Å². The molecule has 0 heterocycles. The lowest BCUT2D eigenvalue weighted by molar-refractivity contribution is 0.0759. The van der Waals surface area contributed by atoms with Crippen LogP contribution in [0.1, 0.15) is 19.4 Å².